The Morgan fingerprint density at radius 2 is 1.10 bits per heavy atom. The molecule has 278 valence electrons. The lowest BCUT2D eigenvalue weighted by Gasteiger charge is -2.44. The first kappa shape index (κ1) is 41.6. The van der Waals surface area contributed by atoms with E-state index in [0.717, 1.165) is 44.2 Å². The van der Waals surface area contributed by atoms with E-state index in [-0.39, 0.29) is 0 Å². The molecule has 0 saturated heterocycles. The number of ether oxygens (including phenoxy) is 1. The van der Waals surface area contributed by atoms with Crippen LogP contribution in [0.5, 0.6) is 5.75 Å². The zero-order valence-corrected chi connectivity index (χ0v) is 24.6. The van der Waals surface area contributed by atoms with Crippen molar-refractivity contribution >= 4 is 5.97 Å². The Balaban J connectivity index is 2.18. The molecule has 2 nitrogen and oxygen atoms in total. The van der Waals surface area contributed by atoms with Crippen molar-refractivity contribution in [1.82, 2.24) is 0 Å². The van der Waals surface area contributed by atoms with Crippen LogP contribution in [-0.4, -0.2) is 53.6 Å². The molecule has 1 aliphatic rings. The fourth-order valence-corrected chi connectivity index (χ4v) is 5.03. The van der Waals surface area contributed by atoms with E-state index in [9.17, 15) is 83.8 Å². The van der Waals surface area contributed by atoms with Gasteiger partial charge in [0, 0.05) is 5.92 Å². The first-order chi connectivity index (χ1) is 21.6. The van der Waals surface area contributed by atoms with Crippen LogP contribution in [0.4, 0.5) is 79.0 Å². The van der Waals surface area contributed by atoms with Crippen LogP contribution in [0.25, 0.3) is 0 Å². The van der Waals surface area contributed by atoms with E-state index >= 15 is 0 Å². The highest BCUT2D eigenvalue weighted by Gasteiger charge is 2.95. The van der Waals surface area contributed by atoms with E-state index in [0.29, 0.717) is 12.0 Å². The summed E-state index contributed by atoms with van der Waals surface area (Å²) in [6, 6.07) is 3.51. The molecule has 0 aliphatic heterocycles. The van der Waals surface area contributed by atoms with Crippen LogP contribution in [-0.2, 0) is 11.2 Å². The fourth-order valence-electron chi connectivity index (χ4n) is 5.03. The maximum atomic E-state index is 14.6. The van der Waals surface area contributed by atoms with Gasteiger partial charge in [-0.25, -0.2) is 4.39 Å². The fraction of sp³-hybridized carbons (Fsp3) is 0.750. The number of carbonyl (C=O) groups is 1. The predicted octanol–water partition coefficient (Wildman–Crippen LogP) is 11.1. The number of esters is 1. The van der Waals surface area contributed by atoms with Crippen molar-refractivity contribution in [3.8, 4) is 5.75 Å². The van der Waals surface area contributed by atoms with Gasteiger partial charge >= 0.3 is 53.6 Å². The van der Waals surface area contributed by atoms with Gasteiger partial charge in [-0.2, -0.15) is 74.6 Å². The van der Waals surface area contributed by atoms with Gasteiger partial charge < -0.3 is 4.74 Å². The molecule has 0 aromatic heterocycles. The van der Waals surface area contributed by atoms with Gasteiger partial charge in [0.1, 0.15) is 0 Å². The van der Waals surface area contributed by atoms with Crippen molar-refractivity contribution in [1.29, 1.82) is 0 Å². The lowest BCUT2D eigenvalue weighted by atomic mass is 9.75. The normalized spacial score (nSPS) is 19.4. The first-order valence-electron chi connectivity index (χ1n) is 14.3. The Kier molecular flexibility index (Phi) is 12.1. The molecule has 0 unspecified atom stereocenters. The summed E-state index contributed by atoms with van der Waals surface area (Å²) in [5, 5.41) is 0. The minimum atomic E-state index is -8.69. The molecule has 0 N–H and O–H groups in total. The number of aryl methyl sites for hydroxylation is 1. The van der Waals surface area contributed by atoms with E-state index < -0.39 is 103 Å². The van der Waals surface area contributed by atoms with Crippen molar-refractivity contribution in [2.75, 3.05) is 0 Å². The zero-order valence-electron chi connectivity index (χ0n) is 24.6. The molecule has 1 aliphatic carbocycles. The Morgan fingerprint density at radius 3 is 1.56 bits per heavy atom. The quantitative estimate of drug-likeness (QED) is 0.0775. The van der Waals surface area contributed by atoms with E-state index in [1.165, 1.54) is 6.07 Å². The summed E-state index contributed by atoms with van der Waals surface area (Å²) < 4.78 is 250. The van der Waals surface area contributed by atoms with Crippen LogP contribution in [0, 0.1) is 17.7 Å². The monoisotopic (exact) mass is 738 g/mol. The molecular formula is C28H28F18O2. The second kappa shape index (κ2) is 14.0. The largest absolute Gasteiger partial charge is 0.460 e. The number of halogens is 18. The molecule has 1 fully saturated rings. The average molecular weight is 738 g/mol. The number of alkyl halides is 17. The van der Waals surface area contributed by atoms with Gasteiger partial charge in [-0.1, -0.05) is 38.7 Å². The van der Waals surface area contributed by atoms with Crippen LogP contribution < -0.4 is 4.74 Å². The Labute approximate surface area is 261 Å². The van der Waals surface area contributed by atoms with Crippen molar-refractivity contribution in [2.24, 2.45) is 11.8 Å². The maximum Gasteiger partial charge on any atom is 0.460 e. The number of rotatable bonds is 15. The second-order valence-corrected chi connectivity index (χ2v) is 11.5. The SMILES string of the molecule is CCCCCCCc1ccc(OC(=O)C2CCC(C(F)(F)C(F)(F)C(F)(F)C(F)(F)C(F)(F)C(F)(F)C(F)(F)C(F)(F)F)CC2)c(F)c1. The van der Waals surface area contributed by atoms with E-state index in [2.05, 4.69) is 0 Å². The minimum absolute atomic E-state index is 0.475. The molecule has 20 heteroatoms. The molecule has 0 bridgehead atoms. The summed E-state index contributed by atoms with van der Waals surface area (Å²) in [6.07, 6.45) is -7.55. The van der Waals surface area contributed by atoms with Crippen LogP contribution in [0.15, 0.2) is 18.2 Å². The Bertz CT molecular complexity index is 1250. The molecule has 0 radical (unpaired) electrons. The lowest BCUT2D eigenvalue weighted by Crippen LogP contribution is -2.75. The standard InChI is InChI=1S/C28H28F18O2/c1-2-3-4-5-6-7-15-8-13-19(18(29)14-15)48-20(47)16-9-11-17(12-10-16)21(30,31)22(32,33)23(34,35)24(36,37)25(38,39)26(40,41)27(42,43)28(44,45)46/h8,13-14,16-17H,2-7,9-12H2,1H3. The molecule has 0 atom stereocenters. The summed E-state index contributed by atoms with van der Waals surface area (Å²) in [7, 11) is 0. The van der Waals surface area contributed by atoms with Gasteiger partial charge in [0.15, 0.2) is 11.6 Å². The van der Waals surface area contributed by atoms with Gasteiger partial charge in [-0.3, -0.25) is 4.79 Å². The van der Waals surface area contributed by atoms with E-state index in [1.54, 1.807) is 0 Å². The minimum Gasteiger partial charge on any atom is -0.423 e. The first-order valence-corrected chi connectivity index (χ1v) is 14.3. The summed E-state index contributed by atoms with van der Waals surface area (Å²) in [6.45, 7) is 2.01. The van der Waals surface area contributed by atoms with Gasteiger partial charge in [0.2, 0.25) is 0 Å². The molecule has 0 amide bonds. The molecule has 0 spiro atoms. The molecule has 2 rings (SSSR count). The van der Waals surface area contributed by atoms with Gasteiger partial charge in [-0.15, -0.1) is 0 Å². The number of carbonyl (C=O) groups excluding carboxylic acids is 1. The summed E-state index contributed by atoms with van der Waals surface area (Å²) in [5.74, 6) is -64.4. The lowest BCUT2D eigenvalue weighted by molar-refractivity contribution is -0.463. The molecule has 1 aromatic carbocycles. The third-order valence-corrected chi connectivity index (χ3v) is 8.10. The molecule has 1 saturated carbocycles. The number of benzene rings is 1. The summed E-state index contributed by atoms with van der Waals surface area (Å²) >= 11 is 0. The Hall–Kier alpha value is -2.57. The molecule has 0 heterocycles. The third-order valence-electron chi connectivity index (χ3n) is 8.10. The highest BCUT2D eigenvalue weighted by molar-refractivity contribution is 5.75. The molecule has 1 aromatic rings. The maximum absolute atomic E-state index is 14.6. The molecule has 48 heavy (non-hydrogen) atoms. The summed E-state index contributed by atoms with van der Waals surface area (Å²) in [5.41, 5.74) is 0.533. The van der Waals surface area contributed by atoms with Gasteiger partial charge in [0.05, 0.1) is 5.92 Å². The van der Waals surface area contributed by atoms with E-state index in [1.807, 2.05) is 6.92 Å². The number of hydrogen-bond acceptors (Lipinski definition) is 2. The highest BCUT2D eigenvalue weighted by atomic mass is 19.4. The van der Waals surface area contributed by atoms with Gasteiger partial charge in [-0.05, 0) is 56.2 Å². The van der Waals surface area contributed by atoms with E-state index in [4.69, 9.17) is 4.74 Å². The van der Waals surface area contributed by atoms with Crippen molar-refractivity contribution in [3.63, 3.8) is 0 Å². The van der Waals surface area contributed by atoms with Crippen molar-refractivity contribution < 1.29 is 88.6 Å². The van der Waals surface area contributed by atoms with Crippen molar-refractivity contribution in [2.45, 2.75) is 119 Å². The third kappa shape index (κ3) is 7.17. The van der Waals surface area contributed by atoms with Crippen LogP contribution >= 0.6 is 0 Å². The zero-order chi connectivity index (χ0) is 37.4. The smallest absolute Gasteiger partial charge is 0.423 e. The van der Waals surface area contributed by atoms with Crippen LogP contribution in [0.1, 0.15) is 70.3 Å². The van der Waals surface area contributed by atoms with Crippen LogP contribution in [0.2, 0.25) is 0 Å². The Morgan fingerprint density at radius 1 is 0.646 bits per heavy atom. The van der Waals surface area contributed by atoms with Gasteiger partial charge in [0.25, 0.3) is 0 Å². The number of unbranched alkanes of at least 4 members (excludes halogenated alkanes) is 4. The summed E-state index contributed by atoms with van der Waals surface area (Å²) in [4.78, 5) is 12.4. The second-order valence-electron chi connectivity index (χ2n) is 11.5. The number of hydrogen-bond donors (Lipinski definition) is 0. The average Bonchev–Trinajstić information content (AvgIpc) is 2.97. The van der Waals surface area contributed by atoms with Crippen LogP contribution in [0.3, 0.4) is 0 Å². The highest BCUT2D eigenvalue weighted by Crippen LogP contribution is 2.65. The van der Waals surface area contributed by atoms with Crippen molar-refractivity contribution in [3.05, 3.63) is 29.6 Å². The predicted molar refractivity (Wildman–Crippen MR) is 131 cm³/mol. The topological polar surface area (TPSA) is 26.3 Å². The molecular weight excluding hydrogens is 710 g/mol.